The Hall–Kier alpha value is -3.79. The summed E-state index contributed by atoms with van der Waals surface area (Å²) in [5.74, 6) is -2.40. The molecule has 1 aromatic heterocycles. The summed E-state index contributed by atoms with van der Waals surface area (Å²) in [5, 5.41) is 2.71. The van der Waals surface area contributed by atoms with Gasteiger partial charge in [-0.1, -0.05) is 6.07 Å². The van der Waals surface area contributed by atoms with Crippen LogP contribution in [0.15, 0.2) is 47.0 Å². The molecule has 0 unspecified atom stereocenters. The maximum Gasteiger partial charge on any atom is 0.340 e. The maximum absolute atomic E-state index is 13.9. The number of morpholine rings is 1. The number of oxazole rings is 1. The van der Waals surface area contributed by atoms with Crippen LogP contribution in [0.2, 0.25) is 0 Å². The lowest BCUT2D eigenvalue weighted by Gasteiger charge is -2.29. The standard InChI is InChI=1S/C24H23F2N3O5/c1-32-24(31)16-13-15(29-9-11-33-12-10-29)5-6-19(16)28-21(30)7-8-22-27-14-20(34-22)23-17(25)3-2-4-18(23)26/h2-6,13-14H,7-12H2,1H3,(H,28,30). The number of rotatable bonds is 7. The zero-order chi connectivity index (χ0) is 24.1. The lowest BCUT2D eigenvalue weighted by molar-refractivity contribution is -0.116. The zero-order valence-corrected chi connectivity index (χ0v) is 18.5. The van der Waals surface area contributed by atoms with Crippen molar-refractivity contribution in [2.24, 2.45) is 0 Å². The number of nitrogens with zero attached hydrogens (tertiary/aromatic N) is 2. The molecule has 1 aliphatic heterocycles. The largest absolute Gasteiger partial charge is 0.465 e. The van der Waals surface area contributed by atoms with Crippen LogP contribution in [0.1, 0.15) is 22.7 Å². The van der Waals surface area contributed by atoms with Crippen molar-refractivity contribution in [1.29, 1.82) is 0 Å². The van der Waals surface area contributed by atoms with E-state index < -0.39 is 17.6 Å². The predicted molar refractivity (Wildman–Crippen MR) is 120 cm³/mol. The number of nitrogens with one attached hydrogen (secondary N) is 1. The van der Waals surface area contributed by atoms with Crippen LogP contribution in [0.3, 0.4) is 0 Å². The van der Waals surface area contributed by atoms with Crippen molar-refractivity contribution < 1.29 is 32.3 Å². The van der Waals surface area contributed by atoms with E-state index in [0.717, 1.165) is 17.8 Å². The summed E-state index contributed by atoms with van der Waals surface area (Å²) in [6, 6.07) is 8.65. The number of ether oxygens (including phenoxy) is 2. The smallest absolute Gasteiger partial charge is 0.340 e. The Bertz CT molecular complexity index is 1170. The number of amides is 1. The Morgan fingerprint density at radius 2 is 1.88 bits per heavy atom. The van der Waals surface area contributed by atoms with Gasteiger partial charge in [0.25, 0.3) is 0 Å². The highest BCUT2D eigenvalue weighted by Gasteiger charge is 2.20. The molecule has 0 spiro atoms. The molecule has 1 saturated heterocycles. The molecule has 0 atom stereocenters. The highest BCUT2D eigenvalue weighted by Crippen LogP contribution is 2.28. The van der Waals surface area contributed by atoms with Crippen LogP contribution in [-0.2, 0) is 20.7 Å². The Morgan fingerprint density at radius 3 is 2.59 bits per heavy atom. The number of aromatic nitrogens is 1. The van der Waals surface area contributed by atoms with Crippen LogP contribution in [0.25, 0.3) is 11.3 Å². The van der Waals surface area contributed by atoms with E-state index in [1.54, 1.807) is 12.1 Å². The molecule has 10 heteroatoms. The van der Waals surface area contributed by atoms with Crippen molar-refractivity contribution >= 4 is 23.3 Å². The van der Waals surface area contributed by atoms with E-state index in [4.69, 9.17) is 13.9 Å². The van der Waals surface area contributed by atoms with Gasteiger partial charge in [0.1, 0.15) is 11.6 Å². The number of aryl methyl sites for hydroxylation is 1. The fourth-order valence-corrected chi connectivity index (χ4v) is 3.65. The van der Waals surface area contributed by atoms with E-state index >= 15 is 0 Å². The molecular formula is C24H23F2N3O5. The first-order chi connectivity index (χ1) is 16.5. The molecule has 8 nitrogen and oxygen atoms in total. The lowest BCUT2D eigenvalue weighted by Crippen LogP contribution is -2.36. The molecule has 1 N–H and O–H groups in total. The van der Waals surface area contributed by atoms with Crippen molar-refractivity contribution in [2.75, 3.05) is 43.6 Å². The molecule has 2 heterocycles. The molecule has 178 valence electrons. The fourth-order valence-electron chi connectivity index (χ4n) is 3.65. The number of benzene rings is 2. The highest BCUT2D eigenvalue weighted by atomic mass is 19.1. The number of hydrogen-bond acceptors (Lipinski definition) is 7. The molecule has 1 amide bonds. The third-order valence-corrected chi connectivity index (χ3v) is 5.39. The Kier molecular flexibility index (Phi) is 7.17. The lowest BCUT2D eigenvalue weighted by atomic mass is 10.1. The van der Waals surface area contributed by atoms with Crippen LogP contribution in [0, 0.1) is 11.6 Å². The summed E-state index contributed by atoms with van der Waals surface area (Å²) in [4.78, 5) is 31.0. The summed E-state index contributed by atoms with van der Waals surface area (Å²) >= 11 is 0. The minimum absolute atomic E-state index is 0.0223. The molecule has 0 aliphatic carbocycles. The van der Waals surface area contributed by atoms with Gasteiger partial charge in [-0.2, -0.15) is 0 Å². The Labute approximate surface area is 194 Å². The van der Waals surface area contributed by atoms with E-state index in [-0.39, 0.29) is 41.5 Å². The monoisotopic (exact) mass is 471 g/mol. The van der Waals surface area contributed by atoms with Crippen molar-refractivity contribution in [3.63, 3.8) is 0 Å². The van der Waals surface area contributed by atoms with E-state index in [2.05, 4.69) is 15.2 Å². The van der Waals surface area contributed by atoms with E-state index in [1.807, 2.05) is 6.07 Å². The van der Waals surface area contributed by atoms with Gasteiger partial charge in [-0.3, -0.25) is 4.79 Å². The first-order valence-corrected chi connectivity index (χ1v) is 10.7. The summed E-state index contributed by atoms with van der Waals surface area (Å²) in [7, 11) is 1.27. The normalized spacial score (nSPS) is 13.6. The Balaban J connectivity index is 1.43. The van der Waals surface area contributed by atoms with E-state index in [0.29, 0.717) is 32.0 Å². The first-order valence-electron chi connectivity index (χ1n) is 10.7. The molecule has 1 fully saturated rings. The average molecular weight is 471 g/mol. The van der Waals surface area contributed by atoms with Crippen LogP contribution in [-0.4, -0.2) is 50.3 Å². The summed E-state index contributed by atoms with van der Waals surface area (Å²) in [6.45, 7) is 2.58. The van der Waals surface area contributed by atoms with Crippen LogP contribution < -0.4 is 10.2 Å². The maximum atomic E-state index is 13.9. The van der Waals surface area contributed by atoms with Crippen LogP contribution in [0.4, 0.5) is 20.2 Å². The van der Waals surface area contributed by atoms with Crippen LogP contribution in [0.5, 0.6) is 0 Å². The van der Waals surface area contributed by atoms with Gasteiger partial charge in [0.2, 0.25) is 5.91 Å². The third-order valence-electron chi connectivity index (χ3n) is 5.39. The molecule has 0 bridgehead atoms. The molecule has 3 aromatic rings. The first kappa shape index (κ1) is 23.4. The van der Waals surface area contributed by atoms with Crippen molar-refractivity contribution in [2.45, 2.75) is 12.8 Å². The van der Waals surface area contributed by atoms with E-state index in [1.165, 1.54) is 19.4 Å². The topological polar surface area (TPSA) is 93.9 Å². The van der Waals surface area contributed by atoms with Crippen molar-refractivity contribution in [3.05, 3.63) is 65.7 Å². The van der Waals surface area contributed by atoms with E-state index in [9.17, 15) is 18.4 Å². The van der Waals surface area contributed by atoms with Gasteiger partial charge in [0.15, 0.2) is 11.7 Å². The summed E-state index contributed by atoms with van der Waals surface area (Å²) < 4.78 is 43.6. The zero-order valence-electron chi connectivity index (χ0n) is 18.5. The predicted octanol–water partition coefficient (Wildman–Crippen LogP) is 3.81. The quantitative estimate of drug-likeness (QED) is 0.524. The number of carbonyl (C=O) groups is 2. The van der Waals surface area contributed by atoms with Crippen molar-refractivity contribution in [1.82, 2.24) is 4.98 Å². The molecule has 0 saturated carbocycles. The van der Waals surface area contributed by atoms with Gasteiger partial charge in [-0.15, -0.1) is 0 Å². The average Bonchev–Trinajstić information content (AvgIpc) is 3.31. The van der Waals surface area contributed by atoms with Gasteiger partial charge in [-0.05, 0) is 30.3 Å². The molecule has 1 aliphatic rings. The number of esters is 1. The molecule has 2 aromatic carbocycles. The molecular weight excluding hydrogens is 448 g/mol. The summed E-state index contributed by atoms with van der Waals surface area (Å²) in [6.07, 6.45) is 1.29. The minimum atomic E-state index is -0.767. The van der Waals surface area contributed by atoms with Crippen LogP contribution >= 0.6 is 0 Å². The highest BCUT2D eigenvalue weighted by molar-refractivity contribution is 6.02. The fraction of sp³-hybridized carbons (Fsp3) is 0.292. The second-order valence-corrected chi connectivity index (χ2v) is 7.58. The SMILES string of the molecule is COC(=O)c1cc(N2CCOCC2)ccc1NC(=O)CCc1ncc(-c2c(F)cccc2F)o1. The second kappa shape index (κ2) is 10.4. The number of anilines is 2. The number of halogens is 2. The summed E-state index contributed by atoms with van der Waals surface area (Å²) in [5.41, 5.74) is 1.06. The number of hydrogen-bond donors (Lipinski definition) is 1. The molecule has 34 heavy (non-hydrogen) atoms. The molecule has 0 radical (unpaired) electrons. The second-order valence-electron chi connectivity index (χ2n) is 7.58. The number of methoxy groups -OCH3 is 1. The third kappa shape index (κ3) is 5.23. The van der Waals surface area contributed by atoms with Gasteiger partial charge in [0.05, 0.1) is 43.3 Å². The van der Waals surface area contributed by atoms with Crippen molar-refractivity contribution in [3.8, 4) is 11.3 Å². The number of carbonyl (C=O) groups excluding carboxylic acids is 2. The van der Waals surface area contributed by atoms with Gasteiger partial charge in [-0.25, -0.2) is 18.6 Å². The molecule has 4 rings (SSSR count). The minimum Gasteiger partial charge on any atom is -0.465 e. The Morgan fingerprint density at radius 1 is 1.15 bits per heavy atom. The van der Waals surface area contributed by atoms with Gasteiger partial charge < -0.3 is 24.1 Å². The van der Waals surface area contributed by atoms with Gasteiger partial charge >= 0.3 is 5.97 Å². The van der Waals surface area contributed by atoms with Gasteiger partial charge in [0, 0.05) is 31.6 Å².